The first kappa shape index (κ1) is 15.6. The Kier molecular flexibility index (Phi) is 5.44. The Labute approximate surface area is 127 Å². The lowest BCUT2D eigenvalue weighted by Gasteiger charge is -2.20. The third-order valence-corrected chi connectivity index (χ3v) is 4.19. The number of nitrogens with zero attached hydrogens (tertiary/aromatic N) is 2. The van der Waals surface area contributed by atoms with Gasteiger partial charge in [-0.1, -0.05) is 30.3 Å². The summed E-state index contributed by atoms with van der Waals surface area (Å²) < 4.78 is 0. The molecule has 0 saturated carbocycles. The molecule has 6 heteroatoms. The molecule has 1 heterocycles. The molecular formula is C15H18N2O3S. The minimum atomic E-state index is -0.937. The first-order chi connectivity index (χ1) is 10.1. The Hall–Kier alpha value is -1.76. The topological polar surface area (TPSA) is 73.7 Å². The summed E-state index contributed by atoms with van der Waals surface area (Å²) >= 11 is 1.20. The number of carbonyl (C=O) groups is 1. The van der Waals surface area contributed by atoms with Crippen molar-refractivity contribution in [3.8, 4) is 0 Å². The summed E-state index contributed by atoms with van der Waals surface area (Å²) in [6.45, 7) is 3.52. The Morgan fingerprint density at radius 2 is 2.00 bits per heavy atom. The predicted octanol–water partition coefficient (Wildman–Crippen LogP) is 2.14. The molecule has 0 fully saturated rings. The van der Waals surface area contributed by atoms with Gasteiger partial charge in [-0.2, -0.15) is 0 Å². The molecule has 0 aliphatic heterocycles. The van der Waals surface area contributed by atoms with Crippen LogP contribution in [0.3, 0.4) is 0 Å². The molecule has 112 valence electrons. The monoisotopic (exact) mass is 306 g/mol. The largest absolute Gasteiger partial charge is 0.477 e. The second-order valence-electron chi connectivity index (χ2n) is 4.75. The Balaban J connectivity index is 2.09. The summed E-state index contributed by atoms with van der Waals surface area (Å²) in [5, 5.41) is 19.0. The van der Waals surface area contributed by atoms with Crippen LogP contribution in [-0.2, 0) is 13.1 Å². The quantitative estimate of drug-likeness (QED) is 0.820. The van der Waals surface area contributed by atoms with Crippen LogP contribution in [-0.4, -0.2) is 39.2 Å². The minimum Gasteiger partial charge on any atom is -0.477 e. The van der Waals surface area contributed by atoms with Crippen molar-refractivity contribution in [1.29, 1.82) is 0 Å². The first-order valence-corrected chi connectivity index (χ1v) is 7.48. The van der Waals surface area contributed by atoms with E-state index < -0.39 is 5.97 Å². The minimum absolute atomic E-state index is 0.0585. The second kappa shape index (κ2) is 7.31. The average molecular weight is 306 g/mol. The lowest BCUT2D eigenvalue weighted by atomic mass is 10.2. The summed E-state index contributed by atoms with van der Waals surface area (Å²) in [7, 11) is 0. The Morgan fingerprint density at radius 1 is 1.29 bits per heavy atom. The van der Waals surface area contributed by atoms with Gasteiger partial charge in [-0.25, -0.2) is 9.78 Å². The highest BCUT2D eigenvalue weighted by Gasteiger charge is 2.16. The fraction of sp³-hybridized carbons (Fsp3) is 0.333. The van der Waals surface area contributed by atoms with Crippen molar-refractivity contribution in [3.63, 3.8) is 0 Å². The van der Waals surface area contributed by atoms with E-state index in [1.165, 1.54) is 11.3 Å². The van der Waals surface area contributed by atoms with Crippen molar-refractivity contribution in [1.82, 2.24) is 9.88 Å². The van der Waals surface area contributed by atoms with Crippen molar-refractivity contribution >= 4 is 17.3 Å². The number of carboxylic acids is 1. The molecule has 0 radical (unpaired) electrons. The Bertz CT molecular complexity index is 598. The number of aryl methyl sites for hydroxylation is 1. The molecule has 2 rings (SSSR count). The second-order valence-corrected chi connectivity index (χ2v) is 5.83. The molecular weight excluding hydrogens is 288 g/mol. The molecule has 0 atom stereocenters. The van der Waals surface area contributed by atoms with Crippen LogP contribution in [0, 0.1) is 6.92 Å². The molecule has 0 bridgehead atoms. The molecule has 0 amide bonds. The van der Waals surface area contributed by atoms with Crippen LogP contribution in [0.25, 0.3) is 0 Å². The third kappa shape index (κ3) is 4.35. The summed E-state index contributed by atoms with van der Waals surface area (Å²) in [4.78, 5) is 17.7. The van der Waals surface area contributed by atoms with Gasteiger partial charge in [0.05, 0.1) is 18.8 Å². The number of hydrogen-bond donors (Lipinski definition) is 2. The number of aliphatic hydroxyl groups excluding tert-OH is 1. The zero-order chi connectivity index (χ0) is 15.2. The van der Waals surface area contributed by atoms with Gasteiger partial charge in [0.25, 0.3) is 0 Å². The maximum absolute atomic E-state index is 11.1. The van der Waals surface area contributed by atoms with Crippen LogP contribution in [0.4, 0.5) is 0 Å². The molecule has 0 spiro atoms. The van der Waals surface area contributed by atoms with E-state index in [2.05, 4.69) is 9.88 Å². The smallest absolute Gasteiger partial charge is 0.347 e. The highest BCUT2D eigenvalue weighted by atomic mass is 32.1. The zero-order valence-electron chi connectivity index (χ0n) is 11.8. The average Bonchev–Trinajstić information content (AvgIpc) is 2.81. The van der Waals surface area contributed by atoms with Crippen molar-refractivity contribution in [2.45, 2.75) is 20.0 Å². The molecule has 2 aromatic rings. The maximum atomic E-state index is 11.1. The van der Waals surface area contributed by atoms with Gasteiger partial charge in [0.1, 0.15) is 9.88 Å². The van der Waals surface area contributed by atoms with Crippen molar-refractivity contribution in [3.05, 3.63) is 51.5 Å². The highest BCUT2D eigenvalue weighted by Crippen LogP contribution is 2.20. The van der Waals surface area contributed by atoms with Gasteiger partial charge in [-0.05, 0) is 12.5 Å². The molecule has 21 heavy (non-hydrogen) atoms. The fourth-order valence-electron chi connectivity index (χ4n) is 2.11. The normalized spacial score (nSPS) is 11.0. The number of hydrogen-bond acceptors (Lipinski definition) is 5. The van der Waals surface area contributed by atoms with Crippen molar-refractivity contribution in [2.24, 2.45) is 0 Å². The first-order valence-electron chi connectivity index (χ1n) is 6.67. The molecule has 0 unspecified atom stereocenters. The third-order valence-electron chi connectivity index (χ3n) is 3.06. The van der Waals surface area contributed by atoms with Gasteiger partial charge >= 0.3 is 5.97 Å². The van der Waals surface area contributed by atoms with Crippen LogP contribution >= 0.6 is 11.3 Å². The number of aromatic nitrogens is 1. The Morgan fingerprint density at radius 3 is 2.57 bits per heavy atom. The lowest BCUT2D eigenvalue weighted by molar-refractivity contribution is 0.0701. The van der Waals surface area contributed by atoms with Gasteiger partial charge in [-0.15, -0.1) is 11.3 Å². The SMILES string of the molecule is Cc1nc(CN(CCO)Cc2ccccc2)sc1C(=O)O. The molecule has 2 N–H and O–H groups in total. The molecule has 5 nitrogen and oxygen atoms in total. The molecule has 0 aliphatic rings. The maximum Gasteiger partial charge on any atom is 0.347 e. The van der Waals surface area contributed by atoms with Crippen LogP contribution in [0.5, 0.6) is 0 Å². The van der Waals surface area contributed by atoms with E-state index in [9.17, 15) is 9.90 Å². The van der Waals surface area contributed by atoms with Gasteiger partial charge in [0.2, 0.25) is 0 Å². The van der Waals surface area contributed by atoms with E-state index in [1.54, 1.807) is 6.92 Å². The van der Waals surface area contributed by atoms with Crippen molar-refractivity contribution in [2.75, 3.05) is 13.2 Å². The van der Waals surface area contributed by atoms with Gasteiger partial charge in [0, 0.05) is 13.1 Å². The molecule has 0 aliphatic carbocycles. The van der Waals surface area contributed by atoms with Crippen LogP contribution in [0.15, 0.2) is 30.3 Å². The van der Waals surface area contributed by atoms with E-state index in [1.807, 2.05) is 30.3 Å². The van der Waals surface area contributed by atoms with E-state index in [4.69, 9.17) is 5.11 Å². The van der Waals surface area contributed by atoms with Gasteiger partial charge < -0.3 is 10.2 Å². The van der Waals surface area contributed by atoms with E-state index in [0.717, 1.165) is 10.6 Å². The van der Waals surface area contributed by atoms with Crippen molar-refractivity contribution < 1.29 is 15.0 Å². The van der Waals surface area contributed by atoms with Crippen LogP contribution in [0.2, 0.25) is 0 Å². The standard InChI is InChI=1S/C15H18N2O3S/c1-11-14(15(19)20)21-13(16-11)10-17(7-8-18)9-12-5-3-2-4-6-12/h2-6,18H,7-10H2,1H3,(H,19,20). The molecule has 1 aromatic heterocycles. The summed E-state index contributed by atoms with van der Waals surface area (Å²) in [6.07, 6.45) is 0. The predicted molar refractivity (Wildman–Crippen MR) is 81.5 cm³/mol. The highest BCUT2D eigenvalue weighted by molar-refractivity contribution is 7.13. The lowest BCUT2D eigenvalue weighted by Crippen LogP contribution is -2.26. The van der Waals surface area contributed by atoms with Gasteiger partial charge in [0.15, 0.2) is 0 Å². The van der Waals surface area contributed by atoms with Gasteiger partial charge in [-0.3, -0.25) is 4.90 Å². The number of benzene rings is 1. The summed E-state index contributed by atoms with van der Waals surface area (Å²) in [5.41, 5.74) is 1.70. The molecule has 1 aromatic carbocycles. The number of aromatic carboxylic acids is 1. The zero-order valence-corrected chi connectivity index (χ0v) is 12.6. The number of carboxylic acid groups (broad SMARTS) is 1. The van der Waals surface area contributed by atoms with E-state index in [-0.39, 0.29) is 11.5 Å². The van der Waals surface area contributed by atoms with Crippen LogP contribution < -0.4 is 0 Å². The number of aliphatic hydroxyl groups is 1. The van der Waals surface area contributed by atoms with E-state index >= 15 is 0 Å². The summed E-state index contributed by atoms with van der Waals surface area (Å²) in [5.74, 6) is -0.937. The summed E-state index contributed by atoms with van der Waals surface area (Å²) in [6, 6.07) is 9.97. The number of thiazole rings is 1. The number of rotatable bonds is 7. The molecule has 0 saturated heterocycles. The van der Waals surface area contributed by atoms with E-state index in [0.29, 0.717) is 25.3 Å². The van der Waals surface area contributed by atoms with Crippen LogP contribution in [0.1, 0.15) is 25.9 Å². The fourth-order valence-corrected chi connectivity index (χ4v) is 3.05.